The second-order valence-corrected chi connectivity index (χ2v) is 8.12. The summed E-state index contributed by atoms with van der Waals surface area (Å²) in [5.41, 5.74) is 3.42. The number of hydrogen-bond acceptors (Lipinski definition) is 4. The van der Waals surface area contributed by atoms with Crippen molar-refractivity contribution in [1.82, 2.24) is 0 Å². The minimum atomic E-state index is -0.517. The van der Waals surface area contributed by atoms with Crippen LogP contribution in [0.4, 0.5) is 5.69 Å². The summed E-state index contributed by atoms with van der Waals surface area (Å²) < 4.78 is 6.38. The number of rotatable bonds is 6. The quantitative estimate of drug-likeness (QED) is 0.309. The maximum Gasteiger partial charge on any atom is 0.266 e. The van der Waals surface area contributed by atoms with Crippen LogP contribution in [-0.2, 0) is 11.4 Å². The van der Waals surface area contributed by atoms with Gasteiger partial charge in [0.2, 0.25) is 0 Å². The third kappa shape index (κ3) is 5.76. The van der Waals surface area contributed by atoms with Crippen LogP contribution < -0.4 is 10.1 Å². The summed E-state index contributed by atoms with van der Waals surface area (Å²) >= 11 is 9.82. The average molecular weight is 507 g/mol. The molecule has 1 amide bonds. The van der Waals surface area contributed by atoms with E-state index in [9.17, 15) is 15.3 Å². The fourth-order valence-electron chi connectivity index (χ4n) is 2.86. The lowest BCUT2D eigenvalue weighted by molar-refractivity contribution is -0.112. The minimum absolute atomic E-state index is 0.0647. The third-order valence-electron chi connectivity index (χ3n) is 4.52. The van der Waals surface area contributed by atoms with Gasteiger partial charge in [0.15, 0.2) is 5.75 Å². The minimum Gasteiger partial charge on any atom is -0.486 e. The summed E-state index contributed by atoms with van der Waals surface area (Å²) in [4.78, 5) is 12.5. The van der Waals surface area contributed by atoms with Gasteiger partial charge in [0, 0.05) is 11.3 Å². The number of carbonyl (C=O) groups is 1. The molecule has 0 spiro atoms. The molecule has 0 aliphatic rings. The second kappa shape index (κ2) is 10.6. The standard InChI is InChI=1S/C25H17BrClN3O2/c1-16-6-8-21(9-7-16)30-25(31)20(14-29)10-17-11-22(26)24(23(27)12-17)32-15-19-5-3-2-4-18(19)13-28/h2-12H,15H2,1H3,(H,30,31)/b20-10-. The Kier molecular flexibility index (Phi) is 7.68. The Hall–Kier alpha value is -3.58. The van der Waals surface area contributed by atoms with Crippen LogP contribution in [0.15, 0.2) is 70.7 Å². The normalized spacial score (nSPS) is 10.7. The van der Waals surface area contributed by atoms with Crippen LogP contribution in [0.1, 0.15) is 22.3 Å². The average Bonchev–Trinajstić information content (AvgIpc) is 2.78. The summed E-state index contributed by atoms with van der Waals surface area (Å²) in [6, 6.07) is 21.8. The van der Waals surface area contributed by atoms with Crippen molar-refractivity contribution in [3.05, 3.63) is 98.0 Å². The Labute approximate surface area is 199 Å². The van der Waals surface area contributed by atoms with E-state index in [4.69, 9.17) is 16.3 Å². The first-order valence-electron chi connectivity index (χ1n) is 9.51. The molecule has 158 valence electrons. The number of amides is 1. The monoisotopic (exact) mass is 505 g/mol. The van der Waals surface area contributed by atoms with Gasteiger partial charge in [-0.25, -0.2) is 0 Å². The maximum absolute atomic E-state index is 12.5. The summed E-state index contributed by atoms with van der Waals surface area (Å²) in [6.07, 6.45) is 1.45. The Morgan fingerprint density at radius 1 is 1.16 bits per heavy atom. The van der Waals surface area contributed by atoms with Crippen molar-refractivity contribution >= 4 is 45.2 Å². The van der Waals surface area contributed by atoms with Crippen molar-refractivity contribution in [1.29, 1.82) is 10.5 Å². The largest absolute Gasteiger partial charge is 0.486 e. The number of hydrogen-bond donors (Lipinski definition) is 1. The molecule has 3 aromatic carbocycles. The van der Waals surface area contributed by atoms with E-state index in [-0.39, 0.29) is 12.2 Å². The highest BCUT2D eigenvalue weighted by molar-refractivity contribution is 9.10. The molecule has 3 aromatic rings. The molecule has 32 heavy (non-hydrogen) atoms. The van der Waals surface area contributed by atoms with Gasteiger partial charge < -0.3 is 10.1 Å². The van der Waals surface area contributed by atoms with Gasteiger partial charge in [-0.05, 0) is 64.8 Å². The van der Waals surface area contributed by atoms with Crippen LogP contribution in [0.3, 0.4) is 0 Å². The SMILES string of the molecule is Cc1ccc(NC(=O)/C(C#N)=C\c2cc(Cl)c(OCc3ccccc3C#N)c(Br)c2)cc1. The van der Waals surface area contributed by atoms with E-state index in [1.165, 1.54) is 6.08 Å². The molecule has 0 saturated heterocycles. The first kappa shape index (κ1) is 23.1. The summed E-state index contributed by atoms with van der Waals surface area (Å²) in [5, 5.41) is 21.7. The lowest BCUT2D eigenvalue weighted by Gasteiger charge is -2.12. The van der Waals surface area contributed by atoms with E-state index < -0.39 is 5.91 Å². The Morgan fingerprint density at radius 2 is 1.88 bits per heavy atom. The van der Waals surface area contributed by atoms with Gasteiger partial charge in [0.25, 0.3) is 5.91 Å². The lowest BCUT2D eigenvalue weighted by Crippen LogP contribution is -2.13. The van der Waals surface area contributed by atoms with Gasteiger partial charge >= 0.3 is 0 Å². The van der Waals surface area contributed by atoms with Crippen molar-refractivity contribution in [2.24, 2.45) is 0 Å². The van der Waals surface area contributed by atoms with Crippen molar-refractivity contribution in [3.8, 4) is 17.9 Å². The Bertz CT molecular complexity index is 1250. The van der Waals surface area contributed by atoms with Gasteiger partial charge in [-0.15, -0.1) is 0 Å². The van der Waals surface area contributed by atoms with Crippen LogP contribution in [0.2, 0.25) is 5.02 Å². The topological polar surface area (TPSA) is 85.9 Å². The van der Waals surface area contributed by atoms with Crippen LogP contribution in [0.25, 0.3) is 6.08 Å². The molecule has 0 heterocycles. The highest BCUT2D eigenvalue weighted by Crippen LogP contribution is 2.36. The van der Waals surface area contributed by atoms with Crippen molar-refractivity contribution in [3.63, 3.8) is 0 Å². The molecule has 0 aliphatic heterocycles. The number of nitrogens with one attached hydrogen (secondary N) is 1. The molecule has 0 unspecified atom stereocenters. The number of halogens is 2. The van der Waals surface area contributed by atoms with E-state index in [2.05, 4.69) is 27.3 Å². The number of anilines is 1. The molecule has 3 rings (SSSR count). The zero-order chi connectivity index (χ0) is 23.1. The number of carbonyl (C=O) groups excluding carboxylic acids is 1. The first-order valence-corrected chi connectivity index (χ1v) is 10.7. The third-order valence-corrected chi connectivity index (χ3v) is 5.39. The Morgan fingerprint density at radius 3 is 2.53 bits per heavy atom. The molecule has 0 bridgehead atoms. The first-order chi connectivity index (χ1) is 15.4. The van der Waals surface area contributed by atoms with Gasteiger partial charge in [-0.3, -0.25) is 4.79 Å². The number of nitrogens with zero attached hydrogens (tertiary/aromatic N) is 2. The maximum atomic E-state index is 12.5. The molecule has 7 heteroatoms. The molecule has 0 fully saturated rings. The molecule has 0 saturated carbocycles. The summed E-state index contributed by atoms with van der Waals surface area (Å²) in [7, 11) is 0. The molecule has 1 N–H and O–H groups in total. The van der Waals surface area contributed by atoms with Crippen molar-refractivity contribution in [2.75, 3.05) is 5.32 Å². The van der Waals surface area contributed by atoms with Gasteiger partial charge in [0.05, 0.1) is 21.1 Å². The molecule has 0 aliphatic carbocycles. The number of nitriles is 2. The Balaban J connectivity index is 1.78. The summed E-state index contributed by atoms with van der Waals surface area (Å²) in [5.74, 6) is -0.115. The highest BCUT2D eigenvalue weighted by atomic mass is 79.9. The predicted molar refractivity (Wildman–Crippen MR) is 128 cm³/mol. The smallest absolute Gasteiger partial charge is 0.266 e. The van der Waals surface area contributed by atoms with E-state index in [1.807, 2.05) is 37.3 Å². The predicted octanol–water partition coefficient (Wildman–Crippen LogP) is 6.41. The molecular weight excluding hydrogens is 490 g/mol. The van der Waals surface area contributed by atoms with Crippen LogP contribution in [0, 0.1) is 29.6 Å². The summed E-state index contributed by atoms with van der Waals surface area (Å²) in [6.45, 7) is 2.11. The van der Waals surface area contributed by atoms with Crippen molar-refractivity contribution < 1.29 is 9.53 Å². The fraction of sp³-hybridized carbons (Fsp3) is 0.0800. The number of aryl methyl sites for hydroxylation is 1. The van der Waals surface area contributed by atoms with E-state index in [0.717, 1.165) is 11.1 Å². The van der Waals surface area contributed by atoms with E-state index in [1.54, 1.807) is 36.4 Å². The van der Waals surface area contributed by atoms with Gasteiger partial charge in [-0.2, -0.15) is 10.5 Å². The number of ether oxygens (including phenoxy) is 1. The van der Waals surface area contributed by atoms with E-state index in [0.29, 0.717) is 32.1 Å². The van der Waals surface area contributed by atoms with Crippen LogP contribution >= 0.6 is 27.5 Å². The lowest BCUT2D eigenvalue weighted by atomic mass is 10.1. The molecule has 5 nitrogen and oxygen atoms in total. The highest BCUT2D eigenvalue weighted by Gasteiger charge is 2.13. The zero-order valence-corrected chi connectivity index (χ0v) is 19.4. The van der Waals surface area contributed by atoms with Crippen LogP contribution in [-0.4, -0.2) is 5.91 Å². The molecule has 0 atom stereocenters. The van der Waals surface area contributed by atoms with Gasteiger partial charge in [-0.1, -0.05) is 47.5 Å². The van der Waals surface area contributed by atoms with Crippen LogP contribution in [0.5, 0.6) is 5.75 Å². The molecular formula is C25H17BrClN3O2. The number of benzene rings is 3. The van der Waals surface area contributed by atoms with Crippen molar-refractivity contribution in [2.45, 2.75) is 13.5 Å². The van der Waals surface area contributed by atoms with E-state index >= 15 is 0 Å². The molecule has 0 radical (unpaired) electrons. The molecule has 0 aromatic heterocycles. The second-order valence-electron chi connectivity index (χ2n) is 6.86. The zero-order valence-electron chi connectivity index (χ0n) is 17.0. The van der Waals surface area contributed by atoms with Gasteiger partial charge in [0.1, 0.15) is 18.2 Å². The fourth-order valence-corrected chi connectivity index (χ4v) is 3.85.